The van der Waals surface area contributed by atoms with Gasteiger partial charge in [0.1, 0.15) is 5.82 Å². The van der Waals surface area contributed by atoms with E-state index in [4.69, 9.17) is 4.74 Å². The van der Waals surface area contributed by atoms with Crippen molar-refractivity contribution in [3.8, 4) is 0 Å². The summed E-state index contributed by atoms with van der Waals surface area (Å²) in [5.74, 6) is 0.950. The van der Waals surface area contributed by atoms with E-state index in [1.165, 1.54) is 5.56 Å². The van der Waals surface area contributed by atoms with E-state index in [1.54, 1.807) is 0 Å². The second kappa shape index (κ2) is 4.30. The molecule has 2 aromatic rings. The molecule has 0 amide bonds. The molecule has 1 aromatic heterocycles. The summed E-state index contributed by atoms with van der Waals surface area (Å²) >= 11 is 0. The molecule has 0 aliphatic carbocycles. The van der Waals surface area contributed by atoms with E-state index in [0.29, 0.717) is 0 Å². The standard InChI is InChI=1S/C13H15N3O/c1-10-2-3-11-12(8-10)15-13(9-14-11)16-4-6-17-7-5-16/h2-3,8-9H,4-7H2,1H3. The molecule has 2 heterocycles. The smallest absolute Gasteiger partial charge is 0.148 e. The summed E-state index contributed by atoms with van der Waals surface area (Å²) in [6.07, 6.45) is 1.85. The highest BCUT2D eigenvalue weighted by atomic mass is 16.5. The quantitative estimate of drug-likeness (QED) is 0.747. The van der Waals surface area contributed by atoms with Crippen LogP contribution in [0.4, 0.5) is 5.82 Å². The first-order valence-corrected chi connectivity index (χ1v) is 5.89. The highest BCUT2D eigenvalue weighted by molar-refractivity contribution is 5.76. The average molecular weight is 229 g/mol. The number of nitrogens with zero attached hydrogens (tertiary/aromatic N) is 3. The molecule has 1 saturated heterocycles. The van der Waals surface area contributed by atoms with Gasteiger partial charge in [0, 0.05) is 13.1 Å². The lowest BCUT2D eigenvalue weighted by Gasteiger charge is -2.27. The number of rotatable bonds is 1. The Morgan fingerprint density at radius 2 is 2.00 bits per heavy atom. The Balaban J connectivity index is 1.99. The van der Waals surface area contributed by atoms with Gasteiger partial charge in [-0.1, -0.05) is 6.07 Å². The van der Waals surface area contributed by atoms with Gasteiger partial charge in [0.15, 0.2) is 0 Å². The molecular weight excluding hydrogens is 214 g/mol. The number of anilines is 1. The zero-order chi connectivity index (χ0) is 11.7. The highest BCUT2D eigenvalue weighted by Gasteiger charge is 2.13. The zero-order valence-electron chi connectivity index (χ0n) is 9.89. The number of morpholine rings is 1. The maximum Gasteiger partial charge on any atom is 0.148 e. The Bertz CT molecular complexity index is 535. The maximum absolute atomic E-state index is 5.34. The molecule has 4 heteroatoms. The fourth-order valence-electron chi connectivity index (χ4n) is 2.06. The first-order valence-electron chi connectivity index (χ1n) is 5.89. The molecule has 0 spiro atoms. The molecule has 3 rings (SSSR count). The summed E-state index contributed by atoms with van der Waals surface area (Å²) in [6, 6.07) is 6.15. The van der Waals surface area contributed by atoms with Gasteiger partial charge in [-0.2, -0.15) is 0 Å². The van der Waals surface area contributed by atoms with Gasteiger partial charge in [0.2, 0.25) is 0 Å². The van der Waals surface area contributed by atoms with Crippen molar-refractivity contribution in [1.29, 1.82) is 0 Å². The van der Waals surface area contributed by atoms with Gasteiger partial charge in [0.05, 0.1) is 30.4 Å². The lowest BCUT2D eigenvalue weighted by molar-refractivity contribution is 0.122. The van der Waals surface area contributed by atoms with Crippen molar-refractivity contribution in [2.75, 3.05) is 31.2 Å². The summed E-state index contributed by atoms with van der Waals surface area (Å²) in [5, 5.41) is 0. The van der Waals surface area contributed by atoms with Crippen LogP contribution in [0.25, 0.3) is 11.0 Å². The summed E-state index contributed by atoms with van der Waals surface area (Å²) < 4.78 is 5.34. The van der Waals surface area contributed by atoms with Crippen LogP contribution in [-0.2, 0) is 4.74 Å². The van der Waals surface area contributed by atoms with Gasteiger partial charge < -0.3 is 9.64 Å². The minimum Gasteiger partial charge on any atom is -0.378 e. The summed E-state index contributed by atoms with van der Waals surface area (Å²) in [7, 11) is 0. The zero-order valence-corrected chi connectivity index (χ0v) is 9.89. The monoisotopic (exact) mass is 229 g/mol. The highest BCUT2D eigenvalue weighted by Crippen LogP contribution is 2.17. The first-order chi connectivity index (χ1) is 8.33. The Kier molecular flexibility index (Phi) is 2.65. The van der Waals surface area contributed by atoms with E-state index in [0.717, 1.165) is 43.2 Å². The molecule has 1 fully saturated rings. The van der Waals surface area contributed by atoms with Gasteiger partial charge in [-0.3, -0.25) is 4.98 Å². The molecule has 0 atom stereocenters. The van der Waals surface area contributed by atoms with Crippen molar-refractivity contribution >= 4 is 16.9 Å². The molecule has 1 aromatic carbocycles. The van der Waals surface area contributed by atoms with Crippen LogP contribution in [0.3, 0.4) is 0 Å². The lowest BCUT2D eigenvalue weighted by Crippen LogP contribution is -2.36. The first kappa shape index (κ1) is 10.5. The third kappa shape index (κ3) is 2.08. The van der Waals surface area contributed by atoms with Crippen LogP contribution in [0.5, 0.6) is 0 Å². The molecule has 0 saturated carbocycles. The van der Waals surface area contributed by atoms with Crippen LogP contribution >= 0.6 is 0 Å². The topological polar surface area (TPSA) is 38.2 Å². The molecule has 0 bridgehead atoms. The van der Waals surface area contributed by atoms with Crippen molar-refractivity contribution in [3.63, 3.8) is 0 Å². The summed E-state index contributed by atoms with van der Waals surface area (Å²) in [4.78, 5) is 11.3. The van der Waals surface area contributed by atoms with Gasteiger partial charge in [-0.05, 0) is 24.6 Å². The fourth-order valence-corrected chi connectivity index (χ4v) is 2.06. The maximum atomic E-state index is 5.34. The largest absolute Gasteiger partial charge is 0.378 e. The number of aromatic nitrogens is 2. The van der Waals surface area contributed by atoms with Crippen molar-refractivity contribution < 1.29 is 4.74 Å². The number of ether oxygens (including phenoxy) is 1. The molecule has 1 aliphatic heterocycles. The van der Waals surface area contributed by atoms with Crippen molar-refractivity contribution in [1.82, 2.24) is 9.97 Å². The van der Waals surface area contributed by atoms with Gasteiger partial charge in [-0.25, -0.2) is 4.98 Å². The fraction of sp³-hybridized carbons (Fsp3) is 0.385. The number of aryl methyl sites for hydroxylation is 1. The minimum absolute atomic E-state index is 0.771. The van der Waals surface area contributed by atoms with Gasteiger partial charge in [-0.15, -0.1) is 0 Å². The lowest BCUT2D eigenvalue weighted by atomic mass is 10.2. The van der Waals surface area contributed by atoms with Crippen LogP contribution in [-0.4, -0.2) is 36.3 Å². The number of benzene rings is 1. The van der Waals surface area contributed by atoms with Crippen LogP contribution in [0.1, 0.15) is 5.56 Å². The molecule has 17 heavy (non-hydrogen) atoms. The molecule has 1 aliphatic rings. The normalized spacial score (nSPS) is 16.4. The molecule has 0 N–H and O–H groups in total. The Labute approximate surface area is 100 Å². The predicted octanol–water partition coefficient (Wildman–Crippen LogP) is 1.77. The second-order valence-corrected chi connectivity index (χ2v) is 4.32. The van der Waals surface area contributed by atoms with Crippen LogP contribution in [0.2, 0.25) is 0 Å². The summed E-state index contributed by atoms with van der Waals surface area (Å²) in [5.41, 5.74) is 3.13. The van der Waals surface area contributed by atoms with E-state index in [1.807, 2.05) is 12.3 Å². The average Bonchev–Trinajstić information content (AvgIpc) is 2.39. The Morgan fingerprint density at radius 1 is 1.18 bits per heavy atom. The van der Waals surface area contributed by atoms with Crippen LogP contribution < -0.4 is 4.90 Å². The molecule has 0 unspecified atom stereocenters. The summed E-state index contributed by atoms with van der Waals surface area (Å²) in [6.45, 7) is 5.40. The number of fused-ring (bicyclic) bond motifs is 1. The predicted molar refractivity (Wildman–Crippen MR) is 67.3 cm³/mol. The van der Waals surface area contributed by atoms with Crippen LogP contribution in [0.15, 0.2) is 24.4 Å². The van der Waals surface area contributed by atoms with E-state index in [-0.39, 0.29) is 0 Å². The minimum atomic E-state index is 0.771. The van der Waals surface area contributed by atoms with E-state index >= 15 is 0 Å². The second-order valence-electron chi connectivity index (χ2n) is 4.32. The number of hydrogen-bond donors (Lipinski definition) is 0. The SMILES string of the molecule is Cc1ccc2ncc(N3CCOCC3)nc2c1. The third-order valence-corrected chi connectivity index (χ3v) is 3.02. The Morgan fingerprint density at radius 3 is 2.82 bits per heavy atom. The van der Waals surface area contributed by atoms with Gasteiger partial charge in [0.25, 0.3) is 0 Å². The van der Waals surface area contributed by atoms with Crippen molar-refractivity contribution in [3.05, 3.63) is 30.0 Å². The van der Waals surface area contributed by atoms with E-state index in [9.17, 15) is 0 Å². The molecular formula is C13H15N3O. The number of hydrogen-bond acceptors (Lipinski definition) is 4. The van der Waals surface area contributed by atoms with E-state index in [2.05, 4.69) is 33.9 Å². The Hall–Kier alpha value is -1.68. The van der Waals surface area contributed by atoms with Gasteiger partial charge >= 0.3 is 0 Å². The van der Waals surface area contributed by atoms with Crippen LogP contribution in [0, 0.1) is 6.92 Å². The molecule has 0 radical (unpaired) electrons. The van der Waals surface area contributed by atoms with Crippen molar-refractivity contribution in [2.24, 2.45) is 0 Å². The molecule has 88 valence electrons. The third-order valence-electron chi connectivity index (χ3n) is 3.02. The van der Waals surface area contributed by atoms with E-state index < -0.39 is 0 Å². The molecule has 4 nitrogen and oxygen atoms in total. The van der Waals surface area contributed by atoms with Crippen molar-refractivity contribution in [2.45, 2.75) is 6.92 Å².